The van der Waals surface area contributed by atoms with Crippen LogP contribution < -0.4 is 5.32 Å². The van der Waals surface area contributed by atoms with Crippen LogP contribution in [0, 0.1) is 0 Å². The van der Waals surface area contributed by atoms with Crippen molar-refractivity contribution in [3.63, 3.8) is 0 Å². The van der Waals surface area contributed by atoms with E-state index < -0.39 is 0 Å². The molecule has 0 spiro atoms. The molecule has 32 heavy (non-hydrogen) atoms. The number of thioether (sulfide) groups is 1. The van der Waals surface area contributed by atoms with Gasteiger partial charge in [0, 0.05) is 43.5 Å². The molecule has 9 heteroatoms. The van der Waals surface area contributed by atoms with Crippen molar-refractivity contribution in [2.24, 2.45) is 0 Å². The summed E-state index contributed by atoms with van der Waals surface area (Å²) in [4.78, 5) is 24.2. The fourth-order valence-electron chi connectivity index (χ4n) is 3.01. The molecule has 0 aliphatic heterocycles. The first kappa shape index (κ1) is 24.0. The smallest absolute Gasteiger partial charge is 0.224 e. The number of carbonyl (C=O) groups excluding carboxylic acids is 2. The van der Waals surface area contributed by atoms with E-state index in [2.05, 4.69) is 15.5 Å². The highest BCUT2D eigenvalue weighted by atomic mass is 35.5. The number of nitrogens with one attached hydrogen (secondary N) is 1. The summed E-state index contributed by atoms with van der Waals surface area (Å²) in [6.45, 7) is 3.03. The molecule has 1 N–H and O–H groups in total. The number of ether oxygens (including phenoxy) is 1. The van der Waals surface area contributed by atoms with Gasteiger partial charge in [0.25, 0.3) is 0 Å². The van der Waals surface area contributed by atoms with Gasteiger partial charge >= 0.3 is 0 Å². The Morgan fingerprint density at radius 2 is 1.88 bits per heavy atom. The zero-order valence-electron chi connectivity index (χ0n) is 18.0. The average molecular weight is 473 g/mol. The lowest BCUT2D eigenvalue weighted by atomic mass is 10.1. The minimum absolute atomic E-state index is 0.0332. The van der Waals surface area contributed by atoms with Gasteiger partial charge in [-0.2, -0.15) is 0 Å². The zero-order valence-corrected chi connectivity index (χ0v) is 19.6. The van der Waals surface area contributed by atoms with Crippen LogP contribution in [-0.2, 0) is 16.1 Å². The highest BCUT2D eigenvalue weighted by Crippen LogP contribution is 2.29. The second-order valence-electron chi connectivity index (χ2n) is 6.97. The molecule has 0 saturated heterocycles. The fourth-order valence-corrected chi connectivity index (χ4v) is 4.09. The van der Waals surface area contributed by atoms with E-state index in [4.69, 9.17) is 16.3 Å². The molecule has 0 unspecified atom stereocenters. The van der Waals surface area contributed by atoms with Gasteiger partial charge in [-0.1, -0.05) is 42.4 Å². The molecular formula is C23H25ClN4O3S. The first-order valence-corrected chi connectivity index (χ1v) is 11.6. The Balaban J connectivity index is 1.73. The highest BCUT2D eigenvalue weighted by Gasteiger charge is 2.18. The second kappa shape index (κ2) is 11.8. The number of amides is 1. The van der Waals surface area contributed by atoms with Crippen LogP contribution in [0.4, 0.5) is 5.69 Å². The zero-order chi connectivity index (χ0) is 22.9. The molecule has 2 aromatic carbocycles. The molecule has 3 rings (SSSR count). The summed E-state index contributed by atoms with van der Waals surface area (Å²) < 4.78 is 7.15. The molecule has 0 bridgehead atoms. The van der Waals surface area contributed by atoms with Crippen molar-refractivity contribution in [3.05, 3.63) is 59.1 Å². The van der Waals surface area contributed by atoms with Crippen molar-refractivity contribution in [1.29, 1.82) is 0 Å². The van der Waals surface area contributed by atoms with Gasteiger partial charge in [0.1, 0.15) is 0 Å². The number of ketones is 1. The maximum Gasteiger partial charge on any atom is 0.224 e. The van der Waals surface area contributed by atoms with Crippen LogP contribution in [0.25, 0.3) is 11.4 Å². The lowest BCUT2D eigenvalue weighted by Gasteiger charge is -2.11. The molecule has 0 radical (unpaired) electrons. The summed E-state index contributed by atoms with van der Waals surface area (Å²) in [6.07, 6.45) is 1.18. The van der Waals surface area contributed by atoms with Gasteiger partial charge in [0.15, 0.2) is 16.8 Å². The number of hydrogen-bond acceptors (Lipinski definition) is 6. The van der Waals surface area contributed by atoms with Crippen molar-refractivity contribution in [2.45, 2.75) is 31.5 Å². The number of carbonyl (C=O) groups is 2. The van der Waals surface area contributed by atoms with Crippen molar-refractivity contribution >= 4 is 40.7 Å². The van der Waals surface area contributed by atoms with E-state index in [-0.39, 0.29) is 17.4 Å². The number of halogens is 1. The monoisotopic (exact) mass is 472 g/mol. The van der Waals surface area contributed by atoms with Gasteiger partial charge in [-0.05, 0) is 42.8 Å². The summed E-state index contributed by atoms with van der Waals surface area (Å²) >= 11 is 7.70. The Hall–Kier alpha value is -2.68. The van der Waals surface area contributed by atoms with E-state index in [0.29, 0.717) is 46.8 Å². The van der Waals surface area contributed by atoms with Crippen molar-refractivity contribution in [3.8, 4) is 11.4 Å². The summed E-state index contributed by atoms with van der Waals surface area (Å²) in [6, 6.07) is 14.4. The lowest BCUT2D eigenvalue weighted by molar-refractivity contribution is -0.115. The van der Waals surface area contributed by atoms with E-state index >= 15 is 0 Å². The standard InChI is InChI=1S/C23H25ClN4O3S/c1-3-21(30)25-17-11-9-16(10-12-17)20(29)15-32-23-27-26-22(28(23)13-6-14-31-2)18-7-4-5-8-19(18)24/h4-5,7-12H,3,6,13-15H2,1-2H3,(H,25,30). The van der Waals surface area contributed by atoms with E-state index in [1.807, 2.05) is 28.8 Å². The minimum atomic E-state index is -0.0678. The largest absolute Gasteiger partial charge is 0.385 e. The van der Waals surface area contributed by atoms with Crippen LogP contribution in [0.1, 0.15) is 30.1 Å². The van der Waals surface area contributed by atoms with E-state index in [1.165, 1.54) is 11.8 Å². The van der Waals surface area contributed by atoms with E-state index in [1.54, 1.807) is 38.3 Å². The molecule has 0 aliphatic carbocycles. The molecule has 0 atom stereocenters. The van der Waals surface area contributed by atoms with Crippen LogP contribution in [0.2, 0.25) is 5.02 Å². The quantitative estimate of drug-likeness (QED) is 0.241. The summed E-state index contributed by atoms with van der Waals surface area (Å²) in [5, 5.41) is 12.7. The highest BCUT2D eigenvalue weighted by molar-refractivity contribution is 7.99. The van der Waals surface area contributed by atoms with E-state index in [9.17, 15) is 9.59 Å². The van der Waals surface area contributed by atoms with Crippen molar-refractivity contribution in [1.82, 2.24) is 14.8 Å². The fraction of sp³-hybridized carbons (Fsp3) is 0.304. The third kappa shape index (κ3) is 6.18. The molecule has 0 aliphatic rings. The maximum absolute atomic E-state index is 12.7. The molecule has 168 valence electrons. The van der Waals surface area contributed by atoms with Gasteiger partial charge in [-0.25, -0.2) is 0 Å². The molecule has 0 saturated carbocycles. The van der Waals surface area contributed by atoms with Crippen LogP contribution >= 0.6 is 23.4 Å². The van der Waals surface area contributed by atoms with Crippen LogP contribution in [-0.4, -0.2) is 45.9 Å². The predicted octanol–water partition coefficient (Wildman–Crippen LogP) is 4.96. The topological polar surface area (TPSA) is 86.1 Å². The molecule has 1 amide bonds. The van der Waals surface area contributed by atoms with Crippen LogP contribution in [0.3, 0.4) is 0 Å². The number of methoxy groups -OCH3 is 1. The Labute approximate surface area is 196 Å². The Bertz CT molecular complexity index is 1070. The number of hydrogen-bond donors (Lipinski definition) is 1. The lowest BCUT2D eigenvalue weighted by Crippen LogP contribution is -2.10. The minimum Gasteiger partial charge on any atom is -0.385 e. The third-order valence-corrected chi connectivity index (χ3v) is 6.00. The number of nitrogens with zero attached hydrogens (tertiary/aromatic N) is 3. The summed E-state index contributed by atoms with van der Waals surface area (Å²) in [5.74, 6) is 0.777. The number of anilines is 1. The average Bonchev–Trinajstić information content (AvgIpc) is 3.20. The Kier molecular flexibility index (Phi) is 8.84. The Morgan fingerprint density at radius 1 is 1.12 bits per heavy atom. The van der Waals surface area contributed by atoms with Crippen molar-refractivity contribution in [2.75, 3.05) is 24.8 Å². The van der Waals surface area contributed by atoms with Gasteiger partial charge in [0.05, 0.1) is 10.8 Å². The number of aromatic nitrogens is 3. The van der Waals surface area contributed by atoms with Gasteiger partial charge < -0.3 is 14.6 Å². The van der Waals surface area contributed by atoms with Gasteiger partial charge in [-0.15, -0.1) is 10.2 Å². The molecular weight excluding hydrogens is 448 g/mol. The normalized spacial score (nSPS) is 10.8. The van der Waals surface area contributed by atoms with Crippen LogP contribution in [0.5, 0.6) is 0 Å². The molecule has 0 fully saturated rings. The summed E-state index contributed by atoms with van der Waals surface area (Å²) in [5.41, 5.74) is 2.04. The molecule has 3 aromatic rings. The maximum atomic E-state index is 12.7. The second-order valence-corrected chi connectivity index (χ2v) is 8.32. The Morgan fingerprint density at radius 3 is 2.56 bits per heavy atom. The van der Waals surface area contributed by atoms with Gasteiger partial charge in [0.2, 0.25) is 5.91 Å². The molecule has 1 heterocycles. The first-order valence-electron chi connectivity index (χ1n) is 10.3. The number of Topliss-reactive ketones (excluding diaryl/α,β-unsaturated/α-hetero) is 1. The van der Waals surface area contributed by atoms with Gasteiger partial charge in [-0.3, -0.25) is 9.59 Å². The molecule has 1 aromatic heterocycles. The third-order valence-electron chi connectivity index (χ3n) is 4.71. The SMILES string of the molecule is CCC(=O)Nc1ccc(C(=O)CSc2nnc(-c3ccccc3Cl)n2CCCOC)cc1. The predicted molar refractivity (Wildman–Crippen MR) is 127 cm³/mol. The van der Waals surface area contributed by atoms with Crippen molar-refractivity contribution < 1.29 is 14.3 Å². The number of rotatable bonds is 11. The first-order chi connectivity index (χ1) is 15.5. The van der Waals surface area contributed by atoms with E-state index in [0.717, 1.165) is 12.0 Å². The summed E-state index contributed by atoms with van der Waals surface area (Å²) in [7, 11) is 1.66. The molecule has 7 nitrogen and oxygen atoms in total. The number of benzene rings is 2. The van der Waals surface area contributed by atoms with Crippen LogP contribution in [0.15, 0.2) is 53.7 Å².